The molecule has 2 atom stereocenters. The van der Waals surface area contributed by atoms with Crippen LogP contribution in [0.5, 0.6) is 0 Å². The molecule has 2 unspecified atom stereocenters. The van der Waals surface area contributed by atoms with Crippen LogP contribution in [0, 0.1) is 5.41 Å². The van der Waals surface area contributed by atoms with E-state index in [9.17, 15) is 9.90 Å². The molecule has 90 valence electrons. The van der Waals surface area contributed by atoms with E-state index in [1.807, 2.05) is 0 Å². The maximum Gasteiger partial charge on any atom is 0.305 e. The first kappa shape index (κ1) is 14.4. The number of unbranched alkanes of at least 4 members (excludes halogenated alkanes) is 1. The minimum atomic E-state index is -0.920. The molecular formula is C12H24O3. The number of carbonyl (C=O) groups is 1. The second kappa shape index (κ2) is 6.83. The molecule has 0 rings (SSSR count). The molecule has 0 amide bonds. The summed E-state index contributed by atoms with van der Waals surface area (Å²) in [5.41, 5.74) is 0.0882. The van der Waals surface area contributed by atoms with Gasteiger partial charge in [0.25, 0.3) is 0 Å². The standard InChI is InChI=1S/C12H24O3/c1-4-6-7-12(3,5-2)9-10(13)8-11(14)15/h10,13H,4-9H2,1-3H3,(H,14,15). The van der Waals surface area contributed by atoms with Gasteiger partial charge < -0.3 is 10.2 Å². The Morgan fingerprint density at radius 1 is 1.40 bits per heavy atom. The SMILES string of the molecule is CCCCC(C)(CC)CC(O)CC(=O)O. The number of rotatable bonds is 8. The van der Waals surface area contributed by atoms with Crippen molar-refractivity contribution in [3.8, 4) is 0 Å². The molecule has 0 bridgehead atoms. The lowest BCUT2D eigenvalue weighted by Gasteiger charge is -2.30. The van der Waals surface area contributed by atoms with Crippen LogP contribution in [-0.2, 0) is 4.79 Å². The van der Waals surface area contributed by atoms with Gasteiger partial charge in [-0.3, -0.25) is 4.79 Å². The van der Waals surface area contributed by atoms with E-state index < -0.39 is 12.1 Å². The number of hydrogen-bond donors (Lipinski definition) is 2. The summed E-state index contributed by atoms with van der Waals surface area (Å²) in [6, 6.07) is 0. The van der Waals surface area contributed by atoms with Crippen LogP contribution in [0.2, 0.25) is 0 Å². The molecule has 15 heavy (non-hydrogen) atoms. The highest BCUT2D eigenvalue weighted by atomic mass is 16.4. The van der Waals surface area contributed by atoms with Crippen LogP contribution in [0.4, 0.5) is 0 Å². The number of aliphatic hydroxyl groups is 1. The lowest BCUT2D eigenvalue weighted by Crippen LogP contribution is -2.25. The molecule has 0 aliphatic rings. The van der Waals surface area contributed by atoms with Crippen LogP contribution in [0.15, 0.2) is 0 Å². The molecule has 0 aromatic carbocycles. The van der Waals surface area contributed by atoms with Crippen LogP contribution in [0.25, 0.3) is 0 Å². The average molecular weight is 216 g/mol. The Hall–Kier alpha value is -0.570. The molecule has 0 aliphatic heterocycles. The molecule has 3 heteroatoms. The molecular weight excluding hydrogens is 192 g/mol. The second-order valence-electron chi connectivity index (χ2n) is 4.72. The first-order chi connectivity index (χ1) is 6.93. The normalized spacial score (nSPS) is 17.1. The van der Waals surface area contributed by atoms with Crippen molar-refractivity contribution in [2.24, 2.45) is 5.41 Å². The van der Waals surface area contributed by atoms with Crippen LogP contribution in [0.3, 0.4) is 0 Å². The third-order valence-electron chi connectivity index (χ3n) is 3.13. The van der Waals surface area contributed by atoms with Gasteiger partial charge in [0.2, 0.25) is 0 Å². The lowest BCUT2D eigenvalue weighted by molar-refractivity contribution is -0.139. The van der Waals surface area contributed by atoms with Crippen LogP contribution in [0.1, 0.15) is 59.3 Å². The van der Waals surface area contributed by atoms with Crippen molar-refractivity contribution < 1.29 is 15.0 Å². The zero-order chi connectivity index (χ0) is 11.9. The third kappa shape index (κ3) is 6.50. The summed E-state index contributed by atoms with van der Waals surface area (Å²) < 4.78 is 0. The molecule has 0 saturated heterocycles. The summed E-state index contributed by atoms with van der Waals surface area (Å²) in [7, 11) is 0. The lowest BCUT2D eigenvalue weighted by atomic mass is 9.77. The summed E-state index contributed by atoms with van der Waals surface area (Å²) in [6.45, 7) is 6.38. The van der Waals surface area contributed by atoms with Gasteiger partial charge in [-0.1, -0.05) is 40.0 Å². The van der Waals surface area contributed by atoms with E-state index in [2.05, 4.69) is 20.8 Å². The highest BCUT2D eigenvalue weighted by Crippen LogP contribution is 2.33. The molecule has 3 nitrogen and oxygen atoms in total. The molecule has 0 radical (unpaired) electrons. The van der Waals surface area contributed by atoms with Crippen molar-refractivity contribution in [2.75, 3.05) is 0 Å². The molecule has 0 spiro atoms. The molecule has 0 heterocycles. The van der Waals surface area contributed by atoms with Gasteiger partial charge in [-0.15, -0.1) is 0 Å². The predicted molar refractivity (Wildman–Crippen MR) is 60.8 cm³/mol. The highest BCUT2D eigenvalue weighted by Gasteiger charge is 2.25. The number of carboxylic acid groups (broad SMARTS) is 1. The van der Waals surface area contributed by atoms with E-state index in [0.717, 1.165) is 25.7 Å². The predicted octanol–water partition coefficient (Wildman–Crippen LogP) is 2.82. The topological polar surface area (TPSA) is 57.5 Å². The van der Waals surface area contributed by atoms with Crippen LogP contribution >= 0.6 is 0 Å². The second-order valence-corrected chi connectivity index (χ2v) is 4.72. The van der Waals surface area contributed by atoms with E-state index in [1.165, 1.54) is 0 Å². The summed E-state index contributed by atoms with van der Waals surface area (Å²) in [4.78, 5) is 10.4. The van der Waals surface area contributed by atoms with Gasteiger partial charge in [0.1, 0.15) is 0 Å². The fraction of sp³-hybridized carbons (Fsp3) is 0.917. The number of aliphatic carboxylic acids is 1. The maximum absolute atomic E-state index is 10.4. The van der Waals surface area contributed by atoms with Gasteiger partial charge in [-0.25, -0.2) is 0 Å². The zero-order valence-corrected chi connectivity index (χ0v) is 10.1. The smallest absolute Gasteiger partial charge is 0.305 e. The van der Waals surface area contributed by atoms with Gasteiger partial charge in [0.15, 0.2) is 0 Å². The molecule has 0 fully saturated rings. The number of hydrogen-bond acceptors (Lipinski definition) is 2. The molecule has 2 N–H and O–H groups in total. The quantitative estimate of drug-likeness (QED) is 0.656. The van der Waals surface area contributed by atoms with Crippen molar-refractivity contribution in [1.82, 2.24) is 0 Å². The van der Waals surface area contributed by atoms with E-state index in [0.29, 0.717) is 6.42 Å². The van der Waals surface area contributed by atoms with Gasteiger partial charge in [0, 0.05) is 0 Å². The Morgan fingerprint density at radius 3 is 2.40 bits per heavy atom. The van der Waals surface area contributed by atoms with E-state index >= 15 is 0 Å². The van der Waals surface area contributed by atoms with Crippen molar-refractivity contribution in [2.45, 2.75) is 65.4 Å². The van der Waals surface area contributed by atoms with Crippen molar-refractivity contribution in [3.05, 3.63) is 0 Å². The third-order valence-corrected chi connectivity index (χ3v) is 3.13. The first-order valence-electron chi connectivity index (χ1n) is 5.83. The number of carboxylic acids is 1. The Balaban J connectivity index is 4.10. The van der Waals surface area contributed by atoms with E-state index in [1.54, 1.807) is 0 Å². The summed E-state index contributed by atoms with van der Waals surface area (Å²) in [5.74, 6) is -0.920. The van der Waals surface area contributed by atoms with Gasteiger partial charge >= 0.3 is 5.97 Å². The minimum absolute atomic E-state index is 0.0882. The molecule has 0 aromatic heterocycles. The summed E-state index contributed by atoms with van der Waals surface area (Å²) in [6.07, 6.45) is 4.09. The van der Waals surface area contributed by atoms with E-state index in [4.69, 9.17) is 5.11 Å². The Labute approximate surface area is 92.5 Å². The minimum Gasteiger partial charge on any atom is -0.481 e. The fourth-order valence-corrected chi connectivity index (χ4v) is 1.87. The molecule has 0 aliphatic carbocycles. The van der Waals surface area contributed by atoms with Crippen molar-refractivity contribution in [1.29, 1.82) is 0 Å². The monoisotopic (exact) mass is 216 g/mol. The summed E-state index contributed by atoms with van der Waals surface area (Å²) >= 11 is 0. The largest absolute Gasteiger partial charge is 0.481 e. The Morgan fingerprint density at radius 2 is 2.00 bits per heavy atom. The van der Waals surface area contributed by atoms with Crippen LogP contribution < -0.4 is 0 Å². The summed E-state index contributed by atoms with van der Waals surface area (Å²) in [5, 5.41) is 18.2. The first-order valence-corrected chi connectivity index (χ1v) is 5.83. The Bertz CT molecular complexity index is 191. The highest BCUT2D eigenvalue weighted by molar-refractivity contribution is 5.67. The maximum atomic E-state index is 10.4. The number of aliphatic hydroxyl groups excluding tert-OH is 1. The van der Waals surface area contributed by atoms with Crippen LogP contribution in [-0.4, -0.2) is 22.3 Å². The van der Waals surface area contributed by atoms with E-state index in [-0.39, 0.29) is 11.8 Å². The molecule has 0 saturated carbocycles. The van der Waals surface area contributed by atoms with Crippen molar-refractivity contribution >= 4 is 5.97 Å². The van der Waals surface area contributed by atoms with Gasteiger partial charge in [0.05, 0.1) is 12.5 Å². The fourth-order valence-electron chi connectivity index (χ4n) is 1.87. The zero-order valence-electron chi connectivity index (χ0n) is 10.1. The van der Waals surface area contributed by atoms with Gasteiger partial charge in [-0.2, -0.15) is 0 Å². The average Bonchev–Trinajstić information content (AvgIpc) is 2.13. The Kier molecular flexibility index (Phi) is 6.57. The van der Waals surface area contributed by atoms with Gasteiger partial charge in [-0.05, 0) is 18.3 Å². The molecule has 0 aromatic rings. The van der Waals surface area contributed by atoms with Crippen molar-refractivity contribution in [3.63, 3.8) is 0 Å².